The summed E-state index contributed by atoms with van der Waals surface area (Å²) < 4.78 is 0. The van der Waals surface area contributed by atoms with Crippen LogP contribution in [0.2, 0.25) is 0 Å². The van der Waals surface area contributed by atoms with Gasteiger partial charge in [0.25, 0.3) is 0 Å². The molecule has 30 heavy (non-hydrogen) atoms. The maximum absolute atomic E-state index is 11.6. The lowest BCUT2D eigenvalue weighted by Gasteiger charge is -2.28. The molecule has 0 heterocycles. The Morgan fingerprint density at radius 3 is 2.73 bits per heavy atom. The van der Waals surface area contributed by atoms with Gasteiger partial charge in [0, 0.05) is 13.0 Å². The van der Waals surface area contributed by atoms with E-state index in [1.165, 1.54) is 23.5 Å². The average Bonchev–Trinajstić information content (AvgIpc) is 2.66. The maximum Gasteiger partial charge on any atom is 0.303 e. The standard InChI is InChI=1S/C24H36N2O4/c1-18(2)12-19(13-24(28)29)15-26(17-27)30-22-10-7-9-20(14-22)23-11-6-5-8-21(23)16-25(3)4/h7,9-11,14,17-19,21H,5-6,8,12-13,15-16H2,1-4H3,(H,28,29). The second-order valence-electron chi connectivity index (χ2n) is 8.97. The molecule has 6 nitrogen and oxygen atoms in total. The number of amides is 1. The molecule has 0 bridgehead atoms. The Morgan fingerprint density at radius 1 is 1.33 bits per heavy atom. The Kier molecular flexibility index (Phi) is 9.37. The summed E-state index contributed by atoms with van der Waals surface area (Å²) in [5.74, 6) is 0.412. The van der Waals surface area contributed by atoms with Crippen LogP contribution in [0.25, 0.3) is 5.57 Å². The van der Waals surface area contributed by atoms with Crippen LogP contribution < -0.4 is 4.84 Å². The van der Waals surface area contributed by atoms with E-state index >= 15 is 0 Å². The monoisotopic (exact) mass is 416 g/mol. The largest absolute Gasteiger partial charge is 0.481 e. The van der Waals surface area contributed by atoms with Gasteiger partial charge in [0.2, 0.25) is 6.41 Å². The molecule has 0 radical (unpaired) electrons. The highest BCUT2D eigenvalue weighted by Crippen LogP contribution is 2.34. The SMILES string of the molecule is CC(C)CC(CC(=O)O)CN(C=O)Oc1cccc(C2=CCCCC2CN(C)C)c1. The number of benzene rings is 1. The van der Waals surface area contributed by atoms with Crippen LogP contribution in [0.1, 0.15) is 51.5 Å². The minimum atomic E-state index is -0.857. The third-order valence-electron chi connectivity index (χ3n) is 5.36. The van der Waals surface area contributed by atoms with Crippen molar-refractivity contribution in [1.29, 1.82) is 0 Å². The molecule has 1 N–H and O–H groups in total. The molecule has 0 aromatic heterocycles. The van der Waals surface area contributed by atoms with E-state index in [0.29, 0.717) is 24.0 Å². The predicted molar refractivity (Wildman–Crippen MR) is 119 cm³/mol. The smallest absolute Gasteiger partial charge is 0.303 e. The third-order valence-corrected chi connectivity index (χ3v) is 5.36. The Balaban J connectivity index is 2.12. The van der Waals surface area contributed by atoms with Crippen molar-refractivity contribution < 1.29 is 19.5 Å². The Bertz CT molecular complexity index is 730. The molecule has 0 spiro atoms. The third kappa shape index (κ3) is 7.82. The van der Waals surface area contributed by atoms with E-state index in [4.69, 9.17) is 4.84 Å². The van der Waals surface area contributed by atoms with Crippen LogP contribution in [0.5, 0.6) is 5.75 Å². The number of nitrogens with zero attached hydrogens (tertiary/aromatic N) is 2. The zero-order chi connectivity index (χ0) is 22.1. The number of hydroxylamine groups is 2. The molecule has 1 aliphatic rings. The van der Waals surface area contributed by atoms with E-state index in [1.807, 2.05) is 32.0 Å². The normalized spacial score (nSPS) is 17.5. The summed E-state index contributed by atoms with van der Waals surface area (Å²) in [7, 11) is 4.19. The number of carboxylic acids is 1. The van der Waals surface area contributed by atoms with Crippen molar-refractivity contribution in [2.24, 2.45) is 17.8 Å². The fourth-order valence-corrected chi connectivity index (χ4v) is 4.29. The first-order chi connectivity index (χ1) is 14.3. The second-order valence-corrected chi connectivity index (χ2v) is 8.97. The zero-order valence-electron chi connectivity index (χ0n) is 18.7. The number of rotatable bonds is 12. The molecule has 6 heteroatoms. The van der Waals surface area contributed by atoms with E-state index in [9.17, 15) is 14.7 Å². The summed E-state index contributed by atoms with van der Waals surface area (Å²) in [6.45, 7) is 5.35. The van der Waals surface area contributed by atoms with Gasteiger partial charge in [-0.25, -0.2) is 0 Å². The molecular formula is C24H36N2O4. The number of carboxylic acid groups (broad SMARTS) is 1. The number of allylic oxidation sites excluding steroid dienone is 1. The molecule has 1 aliphatic carbocycles. The molecule has 0 saturated heterocycles. The number of carbonyl (C=O) groups is 2. The summed E-state index contributed by atoms with van der Waals surface area (Å²) in [5, 5.41) is 10.4. The lowest BCUT2D eigenvalue weighted by Crippen LogP contribution is -2.33. The van der Waals surface area contributed by atoms with Crippen molar-refractivity contribution in [3.05, 3.63) is 35.9 Å². The molecule has 2 unspecified atom stereocenters. The van der Waals surface area contributed by atoms with Crippen LogP contribution in [0.15, 0.2) is 30.3 Å². The molecule has 1 aromatic rings. The Labute approximate surface area is 180 Å². The molecular weight excluding hydrogens is 380 g/mol. The molecule has 0 aliphatic heterocycles. The molecule has 1 amide bonds. The quantitative estimate of drug-likeness (QED) is 0.406. The van der Waals surface area contributed by atoms with Crippen LogP contribution in [-0.4, -0.2) is 54.6 Å². The van der Waals surface area contributed by atoms with E-state index < -0.39 is 5.97 Å². The zero-order valence-corrected chi connectivity index (χ0v) is 18.7. The first kappa shape index (κ1) is 23.9. The van der Waals surface area contributed by atoms with Gasteiger partial charge >= 0.3 is 5.97 Å². The molecule has 166 valence electrons. The van der Waals surface area contributed by atoms with Gasteiger partial charge < -0.3 is 14.8 Å². The summed E-state index contributed by atoms with van der Waals surface area (Å²) in [6.07, 6.45) is 7.15. The highest BCUT2D eigenvalue weighted by atomic mass is 16.7. The van der Waals surface area contributed by atoms with Gasteiger partial charge in [-0.2, -0.15) is 5.06 Å². The van der Waals surface area contributed by atoms with Gasteiger partial charge in [-0.15, -0.1) is 0 Å². The van der Waals surface area contributed by atoms with Crippen LogP contribution >= 0.6 is 0 Å². The minimum Gasteiger partial charge on any atom is -0.481 e. The first-order valence-electron chi connectivity index (χ1n) is 10.8. The average molecular weight is 417 g/mol. The molecule has 1 aromatic carbocycles. The Morgan fingerprint density at radius 2 is 2.10 bits per heavy atom. The number of carbonyl (C=O) groups excluding carboxylic acids is 1. The fourth-order valence-electron chi connectivity index (χ4n) is 4.29. The van der Waals surface area contributed by atoms with Crippen molar-refractivity contribution in [2.75, 3.05) is 27.2 Å². The predicted octanol–water partition coefficient (Wildman–Crippen LogP) is 4.32. The maximum atomic E-state index is 11.6. The summed E-state index contributed by atoms with van der Waals surface area (Å²) >= 11 is 0. The van der Waals surface area contributed by atoms with Crippen molar-refractivity contribution >= 4 is 18.0 Å². The lowest BCUT2D eigenvalue weighted by atomic mass is 9.83. The van der Waals surface area contributed by atoms with Crippen LogP contribution in [0.4, 0.5) is 0 Å². The van der Waals surface area contributed by atoms with E-state index in [0.717, 1.165) is 24.9 Å². The molecule has 0 fully saturated rings. The number of aliphatic carboxylic acids is 1. The van der Waals surface area contributed by atoms with Gasteiger partial charge in [-0.3, -0.25) is 9.59 Å². The van der Waals surface area contributed by atoms with Crippen LogP contribution in [0, 0.1) is 17.8 Å². The first-order valence-corrected chi connectivity index (χ1v) is 10.8. The molecule has 2 rings (SSSR count). The Hall–Kier alpha value is -2.34. The van der Waals surface area contributed by atoms with Gasteiger partial charge in [-0.1, -0.05) is 32.1 Å². The molecule has 2 atom stereocenters. The topological polar surface area (TPSA) is 70.1 Å². The summed E-state index contributed by atoms with van der Waals surface area (Å²) in [4.78, 5) is 30.9. The molecule has 0 saturated carbocycles. The van der Waals surface area contributed by atoms with E-state index in [-0.39, 0.29) is 18.9 Å². The van der Waals surface area contributed by atoms with Gasteiger partial charge in [0.1, 0.15) is 0 Å². The summed E-state index contributed by atoms with van der Waals surface area (Å²) in [5.41, 5.74) is 2.45. The van der Waals surface area contributed by atoms with Crippen molar-refractivity contribution in [3.8, 4) is 5.75 Å². The summed E-state index contributed by atoms with van der Waals surface area (Å²) in [6, 6.07) is 7.84. The van der Waals surface area contributed by atoms with Crippen molar-refractivity contribution in [3.63, 3.8) is 0 Å². The van der Waals surface area contributed by atoms with E-state index in [2.05, 4.69) is 31.1 Å². The fraction of sp³-hybridized carbons (Fsp3) is 0.583. The second kappa shape index (κ2) is 11.7. The number of hydrogen-bond donors (Lipinski definition) is 1. The van der Waals surface area contributed by atoms with Gasteiger partial charge in [-0.05, 0) is 80.8 Å². The highest BCUT2D eigenvalue weighted by molar-refractivity contribution is 5.69. The number of hydrogen-bond acceptors (Lipinski definition) is 4. The lowest BCUT2D eigenvalue weighted by molar-refractivity contribution is -0.148. The van der Waals surface area contributed by atoms with Crippen LogP contribution in [-0.2, 0) is 9.59 Å². The van der Waals surface area contributed by atoms with Gasteiger partial charge in [0.15, 0.2) is 5.75 Å². The highest BCUT2D eigenvalue weighted by Gasteiger charge is 2.22. The van der Waals surface area contributed by atoms with Gasteiger partial charge in [0.05, 0.1) is 6.54 Å². The van der Waals surface area contributed by atoms with Crippen LogP contribution in [0.3, 0.4) is 0 Å². The van der Waals surface area contributed by atoms with Crippen molar-refractivity contribution in [2.45, 2.75) is 46.0 Å². The minimum absolute atomic E-state index is 0.0189. The van der Waals surface area contributed by atoms with Crippen molar-refractivity contribution in [1.82, 2.24) is 9.96 Å². The van der Waals surface area contributed by atoms with E-state index in [1.54, 1.807) is 0 Å².